The largest absolute Gasteiger partial charge is 0.490 e. The average molecular weight is 325 g/mol. The Morgan fingerprint density at radius 2 is 1.83 bits per heavy atom. The monoisotopic (exact) mass is 325 g/mol. The third-order valence-corrected chi connectivity index (χ3v) is 5.01. The van der Waals surface area contributed by atoms with Gasteiger partial charge in [-0.2, -0.15) is 0 Å². The third kappa shape index (κ3) is 2.91. The lowest BCUT2D eigenvalue weighted by atomic mass is 10.0. The molecule has 2 heterocycles. The molecule has 2 aliphatic rings. The zero-order valence-electron chi connectivity index (χ0n) is 13.2. The molecular weight excluding hydrogens is 306 g/mol. The molecule has 1 saturated heterocycles. The van der Waals surface area contributed by atoms with Gasteiger partial charge in [0.2, 0.25) is 0 Å². The molecule has 1 aromatic heterocycles. The first kappa shape index (κ1) is 14.9. The zero-order chi connectivity index (χ0) is 16.5. The standard InChI is InChI=1S/C18H19N3O3/c22-18(23)21-9-13-5-17(6-14(13)10-21)24-16-3-1-2-12(4-16)15-7-19-11-20-8-15/h1-4,7-8,11,13-14,17H,5-6,9-10H2,(H,22,23)/t13-,14+,17-. The van der Waals surface area contributed by atoms with Crippen LogP contribution in [0.5, 0.6) is 5.75 Å². The molecule has 1 N–H and O–H groups in total. The van der Waals surface area contributed by atoms with Gasteiger partial charge in [0, 0.05) is 31.0 Å². The Bertz CT molecular complexity index is 723. The van der Waals surface area contributed by atoms with Crippen LogP contribution >= 0.6 is 0 Å². The van der Waals surface area contributed by atoms with E-state index in [0.717, 1.165) is 29.7 Å². The van der Waals surface area contributed by atoms with Gasteiger partial charge in [-0.25, -0.2) is 14.8 Å². The second kappa shape index (κ2) is 6.11. The Morgan fingerprint density at radius 1 is 1.12 bits per heavy atom. The van der Waals surface area contributed by atoms with Crippen molar-refractivity contribution in [1.29, 1.82) is 0 Å². The summed E-state index contributed by atoms with van der Waals surface area (Å²) in [6.45, 7) is 1.28. The number of aromatic nitrogens is 2. The molecule has 2 fully saturated rings. The van der Waals surface area contributed by atoms with E-state index in [0.29, 0.717) is 24.9 Å². The van der Waals surface area contributed by atoms with Gasteiger partial charge in [-0.15, -0.1) is 0 Å². The number of fused-ring (bicyclic) bond motifs is 1. The third-order valence-electron chi connectivity index (χ3n) is 5.01. The normalized spacial score (nSPS) is 25.5. The van der Waals surface area contributed by atoms with Crippen LogP contribution in [0.4, 0.5) is 4.79 Å². The first-order chi connectivity index (χ1) is 11.7. The highest BCUT2D eigenvalue weighted by Gasteiger charge is 2.43. The topological polar surface area (TPSA) is 75.5 Å². The van der Waals surface area contributed by atoms with Crippen LogP contribution < -0.4 is 4.74 Å². The molecule has 3 atom stereocenters. The molecule has 1 amide bonds. The minimum Gasteiger partial charge on any atom is -0.490 e. The number of nitrogens with zero attached hydrogens (tertiary/aromatic N) is 3. The van der Waals surface area contributed by atoms with Gasteiger partial charge >= 0.3 is 6.09 Å². The number of hydrogen-bond donors (Lipinski definition) is 1. The molecule has 0 spiro atoms. The van der Waals surface area contributed by atoms with Crippen molar-refractivity contribution in [3.63, 3.8) is 0 Å². The summed E-state index contributed by atoms with van der Waals surface area (Å²) in [6.07, 6.45) is 6.29. The molecular formula is C18H19N3O3. The summed E-state index contributed by atoms with van der Waals surface area (Å²) >= 11 is 0. The average Bonchev–Trinajstić information content (AvgIpc) is 3.14. The minimum atomic E-state index is -0.806. The van der Waals surface area contributed by atoms with Gasteiger partial charge in [-0.05, 0) is 42.4 Å². The lowest BCUT2D eigenvalue weighted by Gasteiger charge is -2.18. The minimum absolute atomic E-state index is 0.165. The highest BCUT2D eigenvalue weighted by molar-refractivity contribution is 5.65. The van der Waals surface area contributed by atoms with Crippen LogP contribution in [0.15, 0.2) is 43.0 Å². The van der Waals surface area contributed by atoms with E-state index in [4.69, 9.17) is 9.84 Å². The number of rotatable bonds is 3. The van der Waals surface area contributed by atoms with Crippen molar-refractivity contribution in [1.82, 2.24) is 14.9 Å². The first-order valence-corrected chi connectivity index (χ1v) is 8.19. The fraction of sp³-hybridized carbons (Fsp3) is 0.389. The molecule has 4 rings (SSSR count). The maximum absolute atomic E-state index is 11.1. The highest BCUT2D eigenvalue weighted by atomic mass is 16.5. The summed E-state index contributed by atoms with van der Waals surface area (Å²) in [5.74, 6) is 1.70. The van der Waals surface area contributed by atoms with Crippen molar-refractivity contribution in [2.75, 3.05) is 13.1 Å². The van der Waals surface area contributed by atoms with Crippen molar-refractivity contribution >= 4 is 6.09 Å². The lowest BCUT2D eigenvalue weighted by molar-refractivity contribution is 0.144. The molecule has 124 valence electrons. The number of carboxylic acid groups (broad SMARTS) is 1. The van der Waals surface area contributed by atoms with Crippen LogP contribution in [0.25, 0.3) is 11.1 Å². The van der Waals surface area contributed by atoms with Gasteiger partial charge in [-0.1, -0.05) is 12.1 Å². The quantitative estimate of drug-likeness (QED) is 0.939. The van der Waals surface area contributed by atoms with E-state index < -0.39 is 6.09 Å². The van der Waals surface area contributed by atoms with E-state index in [-0.39, 0.29) is 6.10 Å². The van der Waals surface area contributed by atoms with E-state index in [9.17, 15) is 4.79 Å². The van der Waals surface area contributed by atoms with Crippen molar-refractivity contribution in [3.05, 3.63) is 43.0 Å². The van der Waals surface area contributed by atoms with E-state index in [1.807, 2.05) is 24.3 Å². The maximum atomic E-state index is 11.1. The lowest BCUT2D eigenvalue weighted by Crippen LogP contribution is -2.29. The summed E-state index contributed by atoms with van der Waals surface area (Å²) < 4.78 is 6.16. The van der Waals surface area contributed by atoms with Crippen LogP contribution in [0.3, 0.4) is 0 Å². The first-order valence-electron chi connectivity index (χ1n) is 8.19. The Hall–Kier alpha value is -2.63. The summed E-state index contributed by atoms with van der Waals surface area (Å²) in [6, 6.07) is 7.96. The molecule has 1 aliphatic heterocycles. The molecule has 6 nitrogen and oxygen atoms in total. The number of benzene rings is 1. The molecule has 0 unspecified atom stereocenters. The Labute approximate surface area is 140 Å². The van der Waals surface area contributed by atoms with Crippen molar-refractivity contribution in [3.8, 4) is 16.9 Å². The van der Waals surface area contributed by atoms with Gasteiger partial charge in [0.1, 0.15) is 12.1 Å². The van der Waals surface area contributed by atoms with Crippen molar-refractivity contribution in [2.45, 2.75) is 18.9 Å². The smallest absolute Gasteiger partial charge is 0.407 e. The van der Waals surface area contributed by atoms with Crippen molar-refractivity contribution < 1.29 is 14.6 Å². The van der Waals surface area contributed by atoms with Crippen molar-refractivity contribution in [2.24, 2.45) is 11.8 Å². The summed E-state index contributed by atoms with van der Waals surface area (Å²) in [5.41, 5.74) is 1.99. The number of likely N-dealkylation sites (tertiary alicyclic amines) is 1. The molecule has 0 radical (unpaired) electrons. The van der Waals surface area contributed by atoms with E-state index >= 15 is 0 Å². The summed E-state index contributed by atoms with van der Waals surface area (Å²) in [5, 5.41) is 9.09. The van der Waals surface area contributed by atoms with Crippen LogP contribution in [-0.4, -0.2) is 45.3 Å². The highest BCUT2D eigenvalue weighted by Crippen LogP contribution is 2.40. The second-order valence-electron chi connectivity index (χ2n) is 6.57. The van der Waals surface area contributed by atoms with Crippen LogP contribution in [-0.2, 0) is 0 Å². The summed E-state index contributed by atoms with van der Waals surface area (Å²) in [4.78, 5) is 20.7. The molecule has 1 aliphatic carbocycles. The van der Waals surface area contributed by atoms with Gasteiger partial charge in [0.25, 0.3) is 0 Å². The Balaban J connectivity index is 1.42. The number of hydrogen-bond acceptors (Lipinski definition) is 4. The fourth-order valence-electron chi connectivity index (χ4n) is 3.89. The molecule has 2 aromatic rings. The Morgan fingerprint density at radius 3 is 2.50 bits per heavy atom. The predicted molar refractivity (Wildman–Crippen MR) is 87.7 cm³/mol. The second-order valence-corrected chi connectivity index (χ2v) is 6.57. The van der Waals surface area contributed by atoms with E-state index in [2.05, 4.69) is 9.97 Å². The van der Waals surface area contributed by atoms with Crippen LogP contribution in [0.1, 0.15) is 12.8 Å². The SMILES string of the molecule is O=C(O)N1C[C@H]2C[C@@H](Oc3cccc(-c4cncnc4)c3)C[C@H]2C1. The van der Waals surface area contributed by atoms with Gasteiger partial charge in [-0.3, -0.25) is 0 Å². The zero-order valence-corrected chi connectivity index (χ0v) is 13.2. The molecule has 0 bridgehead atoms. The number of carbonyl (C=O) groups is 1. The molecule has 24 heavy (non-hydrogen) atoms. The van der Waals surface area contributed by atoms with Crippen LogP contribution in [0.2, 0.25) is 0 Å². The van der Waals surface area contributed by atoms with Gasteiger partial charge < -0.3 is 14.7 Å². The van der Waals surface area contributed by atoms with Gasteiger partial charge in [0.05, 0.1) is 6.10 Å². The molecule has 1 saturated carbocycles. The van der Waals surface area contributed by atoms with E-state index in [1.54, 1.807) is 12.4 Å². The number of amides is 1. The molecule has 6 heteroatoms. The molecule has 1 aromatic carbocycles. The fourth-order valence-corrected chi connectivity index (χ4v) is 3.89. The number of ether oxygens (including phenoxy) is 1. The van der Waals surface area contributed by atoms with Gasteiger partial charge in [0.15, 0.2) is 0 Å². The van der Waals surface area contributed by atoms with Crippen LogP contribution in [0, 0.1) is 11.8 Å². The van der Waals surface area contributed by atoms with E-state index in [1.165, 1.54) is 11.2 Å². The maximum Gasteiger partial charge on any atom is 0.407 e. The summed E-state index contributed by atoms with van der Waals surface area (Å²) in [7, 11) is 0. The Kier molecular flexibility index (Phi) is 3.80. The predicted octanol–water partition coefficient (Wildman–Crippen LogP) is 2.91.